The summed E-state index contributed by atoms with van der Waals surface area (Å²) in [6.07, 6.45) is 0. The highest BCUT2D eigenvalue weighted by Gasteiger charge is 2.07. The van der Waals surface area contributed by atoms with Crippen LogP contribution in [0.1, 0.15) is 5.69 Å². The molecular weight excluding hydrogens is 269 g/mol. The summed E-state index contributed by atoms with van der Waals surface area (Å²) in [5.74, 6) is 1.34. The number of halogens is 1. The highest BCUT2D eigenvalue weighted by Crippen LogP contribution is 2.22. The number of aromatic nitrogens is 1. The van der Waals surface area contributed by atoms with Crippen molar-refractivity contribution in [3.63, 3.8) is 0 Å². The van der Waals surface area contributed by atoms with Gasteiger partial charge in [-0.1, -0.05) is 0 Å². The lowest BCUT2D eigenvalue weighted by atomic mass is 10.2. The number of hydrogen-bond acceptors (Lipinski definition) is 2. The molecule has 2 aromatic carbocycles. The highest BCUT2D eigenvalue weighted by atomic mass is 19.1. The SMILES string of the molecule is COc1ccc(OCc2cc3cc(F)ccc3n2C)cc1. The molecule has 0 amide bonds. The second kappa shape index (κ2) is 5.48. The van der Waals surface area contributed by atoms with E-state index in [1.165, 1.54) is 12.1 Å². The minimum absolute atomic E-state index is 0.226. The Bertz CT molecular complexity index is 762. The van der Waals surface area contributed by atoms with Crippen LogP contribution in [0.5, 0.6) is 11.5 Å². The van der Waals surface area contributed by atoms with Crippen molar-refractivity contribution in [1.29, 1.82) is 0 Å². The predicted octanol–water partition coefficient (Wildman–Crippen LogP) is 3.91. The number of benzene rings is 2. The van der Waals surface area contributed by atoms with Crippen LogP contribution in [-0.4, -0.2) is 11.7 Å². The third-order valence-electron chi connectivity index (χ3n) is 3.55. The second-order valence-electron chi connectivity index (χ2n) is 4.86. The normalized spacial score (nSPS) is 10.8. The summed E-state index contributed by atoms with van der Waals surface area (Å²) < 4.78 is 26.1. The van der Waals surface area contributed by atoms with Gasteiger partial charge in [-0.3, -0.25) is 0 Å². The van der Waals surface area contributed by atoms with E-state index in [0.717, 1.165) is 28.1 Å². The van der Waals surface area contributed by atoms with Crippen molar-refractivity contribution < 1.29 is 13.9 Å². The molecule has 0 saturated heterocycles. The first-order valence-electron chi connectivity index (χ1n) is 6.68. The van der Waals surface area contributed by atoms with Crippen molar-refractivity contribution in [2.24, 2.45) is 7.05 Å². The maximum Gasteiger partial charge on any atom is 0.128 e. The molecule has 0 saturated carbocycles. The van der Waals surface area contributed by atoms with E-state index in [0.29, 0.717) is 6.61 Å². The fourth-order valence-electron chi connectivity index (χ4n) is 2.35. The molecule has 3 aromatic rings. The first-order valence-corrected chi connectivity index (χ1v) is 6.68. The molecule has 21 heavy (non-hydrogen) atoms. The van der Waals surface area contributed by atoms with Crippen molar-refractivity contribution in [3.05, 3.63) is 60.0 Å². The van der Waals surface area contributed by atoms with Gasteiger partial charge in [0.2, 0.25) is 0 Å². The topological polar surface area (TPSA) is 23.4 Å². The number of aryl methyl sites for hydroxylation is 1. The van der Waals surface area contributed by atoms with Gasteiger partial charge >= 0.3 is 0 Å². The molecule has 1 aromatic heterocycles. The summed E-state index contributed by atoms with van der Waals surface area (Å²) in [5, 5.41) is 0.880. The molecule has 0 fully saturated rings. The third-order valence-corrected chi connectivity index (χ3v) is 3.55. The highest BCUT2D eigenvalue weighted by molar-refractivity contribution is 5.81. The van der Waals surface area contributed by atoms with Crippen LogP contribution in [0.25, 0.3) is 10.9 Å². The number of rotatable bonds is 4. The Morgan fingerprint density at radius 3 is 2.43 bits per heavy atom. The molecule has 0 unspecified atom stereocenters. The lowest BCUT2D eigenvalue weighted by Gasteiger charge is -2.08. The Labute approximate surface area is 122 Å². The third kappa shape index (κ3) is 2.70. The minimum Gasteiger partial charge on any atom is -0.497 e. The minimum atomic E-state index is -0.226. The molecule has 0 bridgehead atoms. The van der Waals surface area contributed by atoms with Gasteiger partial charge in [0, 0.05) is 18.0 Å². The molecule has 0 aliphatic heterocycles. The Kier molecular flexibility index (Phi) is 3.52. The van der Waals surface area contributed by atoms with E-state index in [1.54, 1.807) is 13.2 Å². The average molecular weight is 285 g/mol. The maximum atomic E-state index is 13.2. The number of nitrogens with zero attached hydrogens (tertiary/aromatic N) is 1. The summed E-state index contributed by atoms with van der Waals surface area (Å²) >= 11 is 0. The van der Waals surface area contributed by atoms with Gasteiger partial charge < -0.3 is 14.0 Å². The number of ether oxygens (including phenoxy) is 2. The number of methoxy groups -OCH3 is 1. The molecule has 3 rings (SSSR count). The van der Waals surface area contributed by atoms with Crippen LogP contribution in [0, 0.1) is 5.82 Å². The van der Waals surface area contributed by atoms with Crippen LogP contribution in [0.2, 0.25) is 0 Å². The zero-order valence-corrected chi connectivity index (χ0v) is 12.0. The van der Waals surface area contributed by atoms with Gasteiger partial charge in [-0.25, -0.2) is 4.39 Å². The van der Waals surface area contributed by atoms with E-state index < -0.39 is 0 Å². The Morgan fingerprint density at radius 2 is 1.71 bits per heavy atom. The molecule has 0 N–H and O–H groups in total. The van der Waals surface area contributed by atoms with Gasteiger partial charge in [0.05, 0.1) is 12.8 Å². The molecule has 3 nitrogen and oxygen atoms in total. The van der Waals surface area contributed by atoms with Crippen molar-refractivity contribution in [2.45, 2.75) is 6.61 Å². The molecule has 0 atom stereocenters. The fraction of sp³-hybridized carbons (Fsp3) is 0.176. The summed E-state index contributed by atoms with van der Waals surface area (Å²) in [7, 11) is 3.58. The average Bonchev–Trinajstić information content (AvgIpc) is 2.81. The van der Waals surface area contributed by atoms with Gasteiger partial charge in [-0.05, 0) is 48.5 Å². The molecule has 0 aliphatic rings. The molecule has 108 valence electrons. The maximum absolute atomic E-state index is 13.2. The van der Waals surface area contributed by atoms with Crippen molar-refractivity contribution in [1.82, 2.24) is 4.57 Å². The van der Waals surface area contributed by atoms with Crippen LogP contribution < -0.4 is 9.47 Å². The second-order valence-corrected chi connectivity index (χ2v) is 4.86. The summed E-state index contributed by atoms with van der Waals surface area (Å²) in [6, 6.07) is 14.2. The standard InChI is InChI=1S/C17H16FNO2/c1-19-14(10-12-9-13(18)3-8-17(12)19)11-21-16-6-4-15(20-2)5-7-16/h3-10H,11H2,1-2H3. The van der Waals surface area contributed by atoms with Crippen molar-refractivity contribution >= 4 is 10.9 Å². The molecular formula is C17H16FNO2. The van der Waals surface area contributed by atoms with Gasteiger partial charge in [0.15, 0.2) is 0 Å². The summed E-state index contributed by atoms with van der Waals surface area (Å²) in [6.45, 7) is 0.430. The van der Waals surface area contributed by atoms with Gasteiger partial charge in [0.1, 0.15) is 23.9 Å². The van der Waals surface area contributed by atoms with Crippen LogP contribution in [0.3, 0.4) is 0 Å². The van der Waals surface area contributed by atoms with E-state index in [1.807, 2.05) is 41.9 Å². The van der Waals surface area contributed by atoms with Crippen LogP contribution in [0.4, 0.5) is 4.39 Å². The van der Waals surface area contributed by atoms with Gasteiger partial charge in [-0.2, -0.15) is 0 Å². The van der Waals surface area contributed by atoms with E-state index in [4.69, 9.17) is 9.47 Å². The van der Waals surface area contributed by atoms with E-state index in [2.05, 4.69) is 0 Å². The lowest BCUT2D eigenvalue weighted by Crippen LogP contribution is -2.01. The quantitative estimate of drug-likeness (QED) is 0.725. The van der Waals surface area contributed by atoms with Crippen LogP contribution >= 0.6 is 0 Å². The predicted molar refractivity (Wildman–Crippen MR) is 80.2 cm³/mol. The Balaban J connectivity index is 1.79. The smallest absolute Gasteiger partial charge is 0.128 e. The monoisotopic (exact) mass is 285 g/mol. The molecule has 1 heterocycles. The van der Waals surface area contributed by atoms with Crippen LogP contribution in [-0.2, 0) is 13.7 Å². The van der Waals surface area contributed by atoms with Crippen LogP contribution in [0.15, 0.2) is 48.5 Å². The first kappa shape index (κ1) is 13.5. The van der Waals surface area contributed by atoms with Crippen molar-refractivity contribution in [2.75, 3.05) is 7.11 Å². The molecule has 0 aliphatic carbocycles. The van der Waals surface area contributed by atoms with E-state index in [9.17, 15) is 4.39 Å². The molecule has 0 radical (unpaired) electrons. The largest absolute Gasteiger partial charge is 0.497 e. The number of fused-ring (bicyclic) bond motifs is 1. The molecule has 0 spiro atoms. The van der Waals surface area contributed by atoms with E-state index >= 15 is 0 Å². The number of hydrogen-bond donors (Lipinski definition) is 0. The van der Waals surface area contributed by atoms with E-state index in [-0.39, 0.29) is 5.82 Å². The van der Waals surface area contributed by atoms with Crippen molar-refractivity contribution in [3.8, 4) is 11.5 Å². The fourth-order valence-corrected chi connectivity index (χ4v) is 2.35. The Hall–Kier alpha value is -2.49. The zero-order valence-electron chi connectivity index (χ0n) is 12.0. The summed E-state index contributed by atoms with van der Waals surface area (Å²) in [4.78, 5) is 0. The molecule has 4 heteroatoms. The van der Waals surface area contributed by atoms with Gasteiger partial charge in [-0.15, -0.1) is 0 Å². The summed E-state index contributed by atoms with van der Waals surface area (Å²) in [5.41, 5.74) is 1.98. The lowest BCUT2D eigenvalue weighted by molar-refractivity contribution is 0.297. The Morgan fingerprint density at radius 1 is 1.00 bits per heavy atom. The first-order chi connectivity index (χ1) is 10.2. The van der Waals surface area contributed by atoms with Gasteiger partial charge in [0.25, 0.3) is 0 Å². The zero-order chi connectivity index (χ0) is 14.8.